The Balaban J connectivity index is 2.57. The molecule has 0 fully saturated rings. The third-order valence-corrected chi connectivity index (χ3v) is 2.98. The number of carbonyl (C=O) groups is 3. The van der Waals surface area contributed by atoms with Crippen molar-refractivity contribution in [2.75, 3.05) is 6.54 Å². The third-order valence-electron chi connectivity index (χ3n) is 2.44. The topological polar surface area (TPSA) is 86.7 Å². The first-order valence-corrected chi connectivity index (χ1v) is 6.27. The number of nitrogens with one attached hydrogen (secondary N) is 1. The molecule has 0 aromatic rings. The van der Waals surface area contributed by atoms with E-state index in [4.69, 9.17) is 5.11 Å². The van der Waals surface area contributed by atoms with Crippen molar-refractivity contribution < 1.29 is 19.5 Å². The number of carboxylic acid groups (broad SMARTS) is 1. The van der Waals surface area contributed by atoms with Crippen molar-refractivity contribution in [2.24, 2.45) is 0 Å². The molecule has 1 aliphatic heterocycles. The standard InChI is InChI=1S/C10H13IN2O4/c11-12-6-2-1-3-7(10(16)17)13-8(14)4-5-9(13)15/h4-5,7,12H,1-3,6H2,(H,16,17). The third kappa shape index (κ3) is 3.77. The van der Waals surface area contributed by atoms with Gasteiger partial charge in [-0.2, -0.15) is 0 Å². The minimum Gasteiger partial charge on any atom is -0.480 e. The van der Waals surface area contributed by atoms with Crippen molar-refractivity contribution in [3.63, 3.8) is 0 Å². The number of aliphatic carboxylic acids is 1. The van der Waals surface area contributed by atoms with Gasteiger partial charge in [-0.15, -0.1) is 0 Å². The second-order valence-electron chi connectivity index (χ2n) is 3.61. The monoisotopic (exact) mass is 352 g/mol. The molecular weight excluding hydrogens is 339 g/mol. The predicted molar refractivity (Wildman–Crippen MR) is 68.3 cm³/mol. The molecule has 0 aromatic carbocycles. The molecule has 0 bridgehead atoms. The number of nitrogens with zero attached hydrogens (tertiary/aromatic N) is 1. The zero-order chi connectivity index (χ0) is 12.8. The van der Waals surface area contributed by atoms with Gasteiger partial charge in [0.05, 0.1) is 0 Å². The fourth-order valence-corrected chi connectivity index (χ4v) is 1.99. The summed E-state index contributed by atoms with van der Waals surface area (Å²) in [5.41, 5.74) is 0. The van der Waals surface area contributed by atoms with E-state index in [1.165, 1.54) is 0 Å². The van der Waals surface area contributed by atoms with E-state index in [0.717, 1.165) is 30.0 Å². The van der Waals surface area contributed by atoms with Crippen molar-refractivity contribution in [1.82, 2.24) is 8.43 Å². The van der Waals surface area contributed by atoms with Crippen LogP contribution in [0.15, 0.2) is 12.2 Å². The summed E-state index contributed by atoms with van der Waals surface area (Å²) < 4.78 is 2.92. The molecule has 1 atom stereocenters. The van der Waals surface area contributed by atoms with Crippen molar-refractivity contribution in [2.45, 2.75) is 25.3 Å². The van der Waals surface area contributed by atoms with E-state index in [-0.39, 0.29) is 6.42 Å². The Labute approximate surface area is 113 Å². The number of carboxylic acids is 1. The SMILES string of the molecule is O=C(O)C(CCCCNI)N1C(=O)C=CC1=O. The second-order valence-corrected chi connectivity index (χ2v) is 4.38. The molecule has 0 spiro atoms. The summed E-state index contributed by atoms with van der Waals surface area (Å²) in [5, 5.41) is 9.03. The maximum Gasteiger partial charge on any atom is 0.326 e. The Morgan fingerprint density at radius 2 is 1.94 bits per heavy atom. The van der Waals surface area contributed by atoms with Crippen LogP contribution in [0.5, 0.6) is 0 Å². The van der Waals surface area contributed by atoms with Gasteiger partial charge in [0, 0.05) is 41.6 Å². The number of hydrogen-bond donors (Lipinski definition) is 2. The maximum absolute atomic E-state index is 11.4. The van der Waals surface area contributed by atoms with Gasteiger partial charge in [-0.1, -0.05) is 0 Å². The van der Waals surface area contributed by atoms with E-state index in [1.54, 1.807) is 0 Å². The molecule has 0 aliphatic carbocycles. The lowest BCUT2D eigenvalue weighted by atomic mass is 10.1. The van der Waals surface area contributed by atoms with Crippen LogP contribution >= 0.6 is 22.9 Å². The van der Waals surface area contributed by atoms with Gasteiger partial charge >= 0.3 is 5.97 Å². The van der Waals surface area contributed by atoms with Gasteiger partial charge < -0.3 is 5.11 Å². The van der Waals surface area contributed by atoms with Crippen LogP contribution < -0.4 is 3.53 Å². The zero-order valence-corrected chi connectivity index (χ0v) is 11.2. The van der Waals surface area contributed by atoms with Crippen molar-refractivity contribution >= 4 is 40.6 Å². The molecule has 1 unspecified atom stereocenters. The number of hydrogen-bond acceptors (Lipinski definition) is 4. The van der Waals surface area contributed by atoms with Gasteiger partial charge in [0.25, 0.3) is 11.8 Å². The number of halogens is 1. The van der Waals surface area contributed by atoms with E-state index < -0.39 is 23.8 Å². The highest BCUT2D eigenvalue weighted by atomic mass is 127. The zero-order valence-electron chi connectivity index (χ0n) is 9.06. The number of carbonyl (C=O) groups excluding carboxylic acids is 2. The van der Waals surface area contributed by atoms with Crippen LogP contribution in [0.25, 0.3) is 0 Å². The lowest BCUT2D eigenvalue weighted by molar-refractivity contribution is -0.153. The molecule has 2 N–H and O–H groups in total. The molecule has 0 aromatic heterocycles. The first-order chi connectivity index (χ1) is 8.07. The quantitative estimate of drug-likeness (QED) is 0.301. The van der Waals surface area contributed by atoms with Gasteiger partial charge in [0.2, 0.25) is 0 Å². The van der Waals surface area contributed by atoms with Crippen LogP contribution in [0.3, 0.4) is 0 Å². The normalized spacial score (nSPS) is 16.6. The van der Waals surface area contributed by atoms with Crippen molar-refractivity contribution in [1.29, 1.82) is 0 Å². The molecule has 94 valence electrons. The Hall–Kier alpha value is -0.960. The molecule has 1 rings (SSSR count). The van der Waals surface area contributed by atoms with E-state index >= 15 is 0 Å². The highest BCUT2D eigenvalue weighted by Crippen LogP contribution is 2.15. The minimum absolute atomic E-state index is 0.285. The molecule has 0 saturated carbocycles. The number of imide groups is 1. The Bertz CT molecular complexity index is 338. The summed E-state index contributed by atoms with van der Waals surface area (Å²) in [6.45, 7) is 0.771. The highest BCUT2D eigenvalue weighted by Gasteiger charge is 2.35. The Kier molecular flexibility index (Phi) is 5.56. The lowest BCUT2D eigenvalue weighted by Crippen LogP contribution is -2.45. The van der Waals surface area contributed by atoms with E-state index in [0.29, 0.717) is 6.42 Å². The Morgan fingerprint density at radius 1 is 1.35 bits per heavy atom. The minimum atomic E-state index is -1.14. The van der Waals surface area contributed by atoms with Crippen molar-refractivity contribution in [3.05, 3.63) is 12.2 Å². The molecular formula is C10H13IN2O4. The van der Waals surface area contributed by atoms with Gasteiger partial charge in [-0.25, -0.2) is 4.79 Å². The molecule has 0 saturated heterocycles. The molecule has 7 heteroatoms. The van der Waals surface area contributed by atoms with Gasteiger partial charge in [0.1, 0.15) is 6.04 Å². The van der Waals surface area contributed by atoms with Crippen LogP contribution in [-0.2, 0) is 14.4 Å². The van der Waals surface area contributed by atoms with Gasteiger partial charge in [0.15, 0.2) is 0 Å². The summed E-state index contributed by atoms with van der Waals surface area (Å²) in [4.78, 5) is 34.6. The smallest absolute Gasteiger partial charge is 0.326 e. The summed E-state index contributed by atoms with van der Waals surface area (Å²) in [6, 6.07) is -1.06. The highest BCUT2D eigenvalue weighted by molar-refractivity contribution is 14.1. The molecule has 17 heavy (non-hydrogen) atoms. The fourth-order valence-electron chi connectivity index (χ4n) is 1.61. The fraction of sp³-hybridized carbons (Fsp3) is 0.500. The first-order valence-electron chi connectivity index (χ1n) is 5.19. The van der Waals surface area contributed by atoms with E-state index in [9.17, 15) is 14.4 Å². The lowest BCUT2D eigenvalue weighted by Gasteiger charge is -2.22. The van der Waals surface area contributed by atoms with Crippen LogP contribution in [0.4, 0.5) is 0 Å². The second kappa shape index (κ2) is 6.70. The van der Waals surface area contributed by atoms with Crippen molar-refractivity contribution in [3.8, 4) is 0 Å². The molecule has 1 aliphatic rings. The number of unbranched alkanes of at least 4 members (excludes halogenated alkanes) is 1. The summed E-state index contributed by atoms with van der Waals surface area (Å²) in [6.07, 6.45) is 3.93. The largest absolute Gasteiger partial charge is 0.480 e. The molecule has 0 radical (unpaired) electrons. The van der Waals surface area contributed by atoms with Crippen LogP contribution in [-0.4, -0.2) is 40.4 Å². The average Bonchev–Trinajstić information content (AvgIpc) is 2.59. The molecule has 6 nitrogen and oxygen atoms in total. The first kappa shape index (κ1) is 14.1. The van der Waals surface area contributed by atoms with Crippen LogP contribution in [0.2, 0.25) is 0 Å². The summed E-state index contributed by atoms with van der Waals surface area (Å²) >= 11 is 2.01. The number of amides is 2. The van der Waals surface area contributed by atoms with Crippen LogP contribution in [0.1, 0.15) is 19.3 Å². The average molecular weight is 352 g/mol. The molecule has 2 amide bonds. The number of rotatable bonds is 7. The van der Waals surface area contributed by atoms with E-state index in [1.807, 2.05) is 22.9 Å². The summed E-state index contributed by atoms with van der Waals surface area (Å²) in [7, 11) is 0. The Morgan fingerprint density at radius 3 is 2.41 bits per heavy atom. The maximum atomic E-state index is 11.4. The van der Waals surface area contributed by atoms with Gasteiger partial charge in [-0.3, -0.25) is 18.0 Å². The summed E-state index contributed by atoms with van der Waals surface area (Å²) in [5.74, 6) is -2.23. The molecule has 1 heterocycles. The van der Waals surface area contributed by atoms with Crippen LogP contribution in [0, 0.1) is 0 Å². The van der Waals surface area contributed by atoms with Gasteiger partial charge in [-0.05, 0) is 19.3 Å². The predicted octanol–water partition coefficient (Wildman–Crippen LogP) is 0.474. The van der Waals surface area contributed by atoms with E-state index in [2.05, 4.69) is 3.53 Å².